The highest BCUT2D eigenvalue weighted by Gasteiger charge is 2.22. The minimum absolute atomic E-state index is 0.0295. The van der Waals surface area contributed by atoms with Crippen molar-refractivity contribution in [1.82, 2.24) is 10.2 Å². The van der Waals surface area contributed by atoms with Crippen molar-refractivity contribution in [3.63, 3.8) is 0 Å². The zero-order valence-electron chi connectivity index (χ0n) is 10.8. The number of hydrogen-bond acceptors (Lipinski definition) is 2. The first kappa shape index (κ1) is 12.7. The average Bonchev–Trinajstić information content (AvgIpc) is 2.40. The van der Waals surface area contributed by atoms with Crippen LogP contribution in [0.5, 0.6) is 5.75 Å². The third-order valence-corrected chi connectivity index (χ3v) is 3.27. The lowest BCUT2D eigenvalue weighted by Gasteiger charge is -2.33. The number of carbonyl (C=O) groups excluding carboxylic acids is 1. The number of rotatable bonds is 3. The van der Waals surface area contributed by atoms with Gasteiger partial charge in [-0.1, -0.05) is 18.2 Å². The Labute approximate surface area is 108 Å². The van der Waals surface area contributed by atoms with Crippen molar-refractivity contribution in [1.29, 1.82) is 0 Å². The molecular weight excluding hydrogens is 228 g/mol. The van der Waals surface area contributed by atoms with E-state index in [1.54, 1.807) is 0 Å². The van der Waals surface area contributed by atoms with Gasteiger partial charge in [0.05, 0.1) is 0 Å². The minimum Gasteiger partial charge on any atom is -0.473 e. The quantitative estimate of drug-likeness (QED) is 0.835. The molecule has 1 atom stereocenters. The highest BCUT2D eigenvalue weighted by molar-refractivity contribution is 5.74. The van der Waals surface area contributed by atoms with Crippen molar-refractivity contribution in [2.45, 2.75) is 32.2 Å². The molecule has 4 heteroatoms. The van der Waals surface area contributed by atoms with Crippen LogP contribution in [0.1, 0.15) is 26.2 Å². The van der Waals surface area contributed by atoms with Crippen LogP contribution >= 0.6 is 0 Å². The van der Waals surface area contributed by atoms with E-state index >= 15 is 0 Å². The normalized spacial score (nSPS) is 19.4. The van der Waals surface area contributed by atoms with Gasteiger partial charge in [0.1, 0.15) is 5.75 Å². The zero-order chi connectivity index (χ0) is 12.8. The third-order valence-electron chi connectivity index (χ3n) is 3.27. The van der Waals surface area contributed by atoms with Crippen LogP contribution in [-0.2, 0) is 0 Å². The number of nitrogens with zero attached hydrogens (tertiary/aromatic N) is 1. The first-order valence-corrected chi connectivity index (χ1v) is 6.49. The van der Waals surface area contributed by atoms with Crippen LogP contribution in [0.2, 0.25) is 0 Å². The van der Waals surface area contributed by atoms with E-state index in [2.05, 4.69) is 12.2 Å². The molecule has 1 aromatic rings. The number of hydrogen-bond donors (Lipinski definition) is 1. The fourth-order valence-corrected chi connectivity index (χ4v) is 2.20. The van der Waals surface area contributed by atoms with Gasteiger partial charge in [-0.3, -0.25) is 0 Å². The summed E-state index contributed by atoms with van der Waals surface area (Å²) in [5, 5.41) is 2.80. The summed E-state index contributed by atoms with van der Waals surface area (Å²) in [4.78, 5) is 13.8. The van der Waals surface area contributed by atoms with Crippen molar-refractivity contribution in [3.05, 3.63) is 30.3 Å². The predicted molar refractivity (Wildman–Crippen MR) is 70.5 cm³/mol. The van der Waals surface area contributed by atoms with Crippen LogP contribution in [0.15, 0.2) is 30.3 Å². The molecule has 1 aliphatic rings. The van der Waals surface area contributed by atoms with Crippen molar-refractivity contribution in [3.8, 4) is 5.75 Å². The van der Waals surface area contributed by atoms with Crippen LogP contribution in [0.4, 0.5) is 4.79 Å². The number of ether oxygens (including phenoxy) is 1. The van der Waals surface area contributed by atoms with Gasteiger partial charge in [-0.05, 0) is 38.3 Å². The maximum Gasteiger partial charge on any atom is 0.320 e. The summed E-state index contributed by atoms with van der Waals surface area (Å²) in [6.45, 7) is 3.15. The minimum atomic E-state index is -0.0295. The van der Waals surface area contributed by atoms with Gasteiger partial charge >= 0.3 is 6.03 Å². The fourth-order valence-electron chi connectivity index (χ4n) is 2.20. The second kappa shape index (κ2) is 6.28. The Balaban J connectivity index is 1.74. The molecule has 0 aromatic heterocycles. The van der Waals surface area contributed by atoms with E-state index in [9.17, 15) is 4.79 Å². The lowest BCUT2D eigenvalue weighted by molar-refractivity contribution is 0.149. The van der Waals surface area contributed by atoms with E-state index < -0.39 is 0 Å². The Morgan fingerprint density at radius 2 is 2.17 bits per heavy atom. The summed E-state index contributed by atoms with van der Waals surface area (Å²) in [6.07, 6.45) is 3.40. The smallest absolute Gasteiger partial charge is 0.320 e. The van der Waals surface area contributed by atoms with Crippen molar-refractivity contribution in [2.75, 3.05) is 13.3 Å². The third kappa shape index (κ3) is 3.39. The monoisotopic (exact) mass is 248 g/mol. The maximum absolute atomic E-state index is 11.9. The van der Waals surface area contributed by atoms with Gasteiger partial charge in [0.2, 0.25) is 0 Å². The molecule has 0 spiro atoms. The van der Waals surface area contributed by atoms with Crippen molar-refractivity contribution in [2.24, 2.45) is 0 Å². The number of likely N-dealkylation sites (tertiary alicyclic amines) is 1. The molecule has 4 nitrogen and oxygen atoms in total. The molecule has 1 unspecified atom stereocenters. The van der Waals surface area contributed by atoms with Gasteiger partial charge in [0.15, 0.2) is 6.73 Å². The van der Waals surface area contributed by atoms with Crippen LogP contribution in [0, 0.1) is 0 Å². The van der Waals surface area contributed by atoms with Gasteiger partial charge in [0, 0.05) is 12.6 Å². The lowest BCUT2D eigenvalue weighted by atomic mass is 10.0. The van der Waals surface area contributed by atoms with E-state index in [1.807, 2.05) is 35.2 Å². The molecule has 1 aromatic carbocycles. The van der Waals surface area contributed by atoms with Crippen LogP contribution in [-0.4, -0.2) is 30.2 Å². The van der Waals surface area contributed by atoms with Gasteiger partial charge in [-0.2, -0.15) is 0 Å². The Kier molecular flexibility index (Phi) is 4.45. The Bertz CT molecular complexity index is 381. The van der Waals surface area contributed by atoms with Crippen LogP contribution in [0.25, 0.3) is 0 Å². The van der Waals surface area contributed by atoms with Gasteiger partial charge in [-0.15, -0.1) is 0 Å². The van der Waals surface area contributed by atoms with Gasteiger partial charge in [0.25, 0.3) is 0 Å². The first-order valence-electron chi connectivity index (χ1n) is 6.49. The number of carbonyl (C=O) groups is 1. The summed E-state index contributed by atoms with van der Waals surface area (Å²) >= 11 is 0. The summed E-state index contributed by atoms with van der Waals surface area (Å²) in [6, 6.07) is 9.79. The first-order chi connectivity index (χ1) is 8.77. The molecule has 2 rings (SSSR count). The van der Waals surface area contributed by atoms with E-state index in [0.29, 0.717) is 6.04 Å². The second-order valence-corrected chi connectivity index (χ2v) is 4.62. The molecule has 0 bridgehead atoms. The fraction of sp³-hybridized carbons (Fsp3) is 0.500. The van der Waals surface area contributed by atoms with Crippen molar-refractivity contribution < 1.29 is 9.53 Å². The second-order valence-electron chi connectivity index (χ2n) is 4.62. The molecule has 1 heterocycles. The number of nitrogens with one attached hydrogen (secondary N) is 1. The Morgan fingerprint density at radius 3 is 2.89 bits per heavy atom. The molecular formula is C14H20N2O2. The largest absolute Gasteiger partial charge is 0.473 e. The van der Waals surface area contributed by atoms with E-state index in [4.69, 9.17) is 4.74 Å². The molecule has 1 aliphatic heterocycles. The topological polar surface area (TPSA) is 41.6 Å². The average molecular weight is 248 g/mol. The standard InChI is InChI=1S/C14H20N2O2/c1-12-7-5-6-10-16(12)14(17)15-11-18-13-8-3-2-4-9-13/h2-4,8-9,12H,5-7,10-11H2,1H3,(H,15,17). The van der Waals surface area contributed by atoms with E-state index in [1.165, 1.54) is 6.42 Å². The highest BCUT2D eigenvalue weighted by Crippen LogP contribution is 2.16. The van der Waals surface area contributed by atoms with Crippen molar-refractivity contribution >= 4 is 6.03 Å². The molecule has 0 aliphatic carbocycles. The zero-order valence-corrected chi connectivity index (χ0v) is 10.8. The van der Waals surface area contributed by atoms with Crippen LogP contribution < -0.4 is 10.1 Å². The molecule has 1 saturated heterocycles. The van der Waals surface area contributed by atoms with Crippen LogP contribution in [0.3, 0.4) is 0 Å². The molecule has 2 amide bonds. The molecule has 1 fully saturated rings. The molecule has 98 valence electrons. The summed E-state index contributed by atoms with van der Waals surface area (Å²) < 4.78 is 5.44. The van der Waals surface area contributed by atoms with Gasteiger partial charge in [-0.25, -0.2) is 4.79 Å². The number of urea groups is 1. The number of piperidine rings is 1. The SMILES string of the molecule is CC1CCCCN1C(=O)NCOc1ccccc1. The summed E-state index contributed by atoms with van der Waals surface area (Å²) in [5.41, 5.74) is 0. The number of para-hydroxylation sites is 1. The van der Waals surface area contributed by atoms with E-state index in [-0.39, 0.29) is 12.8 Å². The maximum atomic E-state index is 11.9. The summed E-state index contributed by atoms with van der Waals surface area (Å²) in [5.74, 6) is 0.768. The predicted octanol–water partition coefficient (Wildman–Crippen LogP) is 2.61. The Hall–Kier alpha value is -1.71. The van der Waals surface area contributed by atoms with Gasteiger partial charge < -0.3 is 15.0 Å². The molecule has 0 radical (unpaired) electrons. The van der Waals surface area contributed by atoms with E-state index in [0.717, 1.165) is 25.1 Å². The highest BCUT2D eigenvalue weighted by atomic mass is 16.5. The molecule has 1 N–H and O–H groups in total. The summed E-state index contributed by atoms with van der Waals surface area (Å²) in [7, 11) is 0. The molecule has 0 saturated carbocycles. The molecule has 18 heavy (non-hydrogen) atoms. The number of amides is 2. The lowest BCUT2D eigenvalue weighted by Crippen LogP contribution is -2.48. The number of benzene rings is 1. The Morgan fingerprint density at radius 1 is 1.39 bits per heavy atom.